The Hall–Kier alpha value is -2.01. The van der Waals surface area contributed by atoms with Crippen LogP contribution in [0.3, 0.4) is 0 Å². The number of carboxylic acids is 1. The monoisotopic (exact) mass is 263 g/mol. The Labute approximate surface area is 109 Å². The first-order valence-corrected chi connectivity index (χ1v) is 6.21. The van der Waals surface area contributed by atoms with Crippen LogP contribution in [0, 0.1) is 0 Å². The number of carboxylic acid groups (broad SMARTS) is 1. The minimum absolute atomic E-state index is 0.189. The van der Waals surface area contributed by atoms with Gasteiger partial charge in [0.15, 0.2) is 5.88 Å². The van der Waals surface area contributed by atoms with E-state index in [0.29, 0.717) is 6.61 Å². The second kappa shape index (κ2) is 5.55. The van der Waals surface area contributed by atoms with Gasteiger partial charge in [0.1, 0.15) is 13.2 Å². The number of carbonyl (C=O) groups is 1. The van der Waals surface area contributed by atoms with Gasteiger partial charge in [0, 0.05) is 9.58 Å². The van der Waals surface area contributed by atoms with Crippen molar-refractivity contribution in [2.45, 2.75) is 6.61 Å². The summed E-state index contributed by atoms with van der Waals surface area (Å²) in [5.41, 5.74) is 0. The van der Waals surface area contributed by atoms with E-state index < -0.39 is 5.97 Å². The predicted octanol–water partition coefficient (Wildman–Crippen LogP) is 2.56. The lowest BCUT2D eigenvalue weighted by atomic mass is 10.2. The molecular weight excluding hydrogens is 250 g/mol. The van der Waals surface area contributed by atoms with Crippen LogP contribution in [0.4, 0.5) is 0 Å². The molecule has 2 rings (SSSR count). The van der Waals surface area contributed by atoms with Gasteiger partial charge in [-0.2, -0.15) is 0 Å². The average molecular weight is 263 g/mol. The summed E-state index contributed by atoms with van der Waals surface area (Å²) in [4.78, 5) is 11.4. The first kappa shape index (κ1) is 12.4. The number of ether oxygens (including phenoxy) is 1. The van der Waals surface area contributed by atoms with Crippen LogP contribution in [-0.4, -0.2) is 17.6 Å². The van der Waals surface area contributed by atoms with Gasteiger partial charge in [0.05, 0.1) is 0 Å². The molecule has 0 radical (unpaired) electrons. The highest BCUT2D eigenvalue weighted by molar-refractivity contribution is 7.19. The number of hydrogen-bond acceptors (Lipinski definition) is 4. The second-order valence-electron chi connectivity index (χ2n) is 3.71. The standard InChI is InChI=1S/C13H13NO3S/c1-9(14-7-13(15)16)17-8-11-6-10-4-2-3-5-12(10)18-11/h2-6,14H,1,7-8H2,(H,15,16). The molecule has 0 amide bonds. The van der Waals surface area contributed by atoms with Crippen LogP contribution in [0.1, 0.15) is 4.88 Å². The van der Waals surface area contributed by atoms with Crippen molar-refractivity contribution in [3.05, 3.63) is 47.7 Å². The highest BCUT2D eigenvalue weighted by Crippen LogP contribution is 2.25. The number of thiophene rings is 1. The molecule has 4 nitrogen and oxygen atoms in total. The molecule has 0 bridgehead atoms. The van der Waals surface area contributed by atoms with E-state index in [0.717, 1.165) is 4.88 Å². The summed E-state index contributed by atoms with van der Waals surface area (Å²) in [7, 11) is 0. The Morgan fingerprint density at radius 2 is 2.22 bits per heavy atom. The molecule has 0 aliphatic heterocycles. The molecule has 18 heavy (non-hydrogen) atoms. The van der Waals surface area contributed by atoms with Crippen LogP contribution in [0.25, 0.3) is 10.1 Å². The number of fused-ring (bicyclic) bond motifs is 1. The number of hydrogen-bond donors (Lipinski definition) is 2. The number of nitrogens with one attached hydrogen (secondary N) is 1. The Morgan fingerprint density at radius 3 is 2.94 bits per heavy atom. The molecule has 94 valence electrons. The van der Waals surface area contributed by atoms with Gasteiger partial charge >= 0.3 is 5.97 Å². The van der Waals surface area contributed by atoms with Crippen molar-refractivity contribution < 1.29 is 14.6 Å². The van der Waals surface area contributed by atoms with Crippen LogP contribution in [0.2, 0.25) is 0 Å². The lowest BCUT2D eigenvalue weighted by Crippen LogP contribution is -2.22. The molecule has 0 aliphatic carbocycles. The Balaban J connectivity index is 1.90. The third-order valence-electron chi connectivity index (χ3n) is 2.30. The molecule has 0 unspecified atom stereocenters. The highest BCUT2D eigenvalue weighted by Gasteiger charge is 2.03. The molecule has 5 heteroatoms. The maximum Gasteiger partial charge on any atom is 0.322 e. The molecule has 0 spiro atoms. The number of aliphatic carboxylic acids is 1. The molecule has 1 aromatic carbocycles. The Bertz CT molecular complexity index is 543. The molecule has 0 atom stereocenters. The summed E-state index contributed by atoms with van der Waals surface area (Å²) in [6.07, 6.45) is 0. The predicted molar refractivity (Wildman–Crippen MR) is 71.4 cm³/mol. The summed E-state index contributed by atoms with van der Waals surface area (Å²) in [6.45, 7) is 3.81. The third-order valence-corrected chi connectivity index (χ3v) is 3.39. The van der Waals surface area contributed by atoms with E-state index in [1.54, 1.807) is 11.3 Å². The largest absolute Gasteiger partial charge is 0.480 e. The van der Waals surface area contributed by atoms with E-state index in [2.05, 4.69) is 24.0 Å². The third kappa shape index (κ3) is 3.24. The fraction of sp³-hybridized carbons (Fsp3) is 0.154. The fourth-order valence-corrected chi connectivity index (χ4v) is 2.47. The zero-order valence-corrected chi connectivity index (χ0v) is 10.5. The van der Waals surface area contributed by atoms with Crippen molar-refractivity contribution in [2.75, 3.05) is 6.54 Å². The van der Waals surface area contributed by atoms with Crippen LogP contribution in [-0.2, 0) is 16.1 Å². The highest BCUT2D eigenvalue weighted by atomic mass is 32.1. The summed E-state index contributed by atoms with van der Waals surface area (Å²) in [6, 6.07) is 10.2. The zero-order chi connectivity index (χ0) is 13.0. The fourth-order valence-electron chi connectivity index (χ4n) is 1.49. The minimum Gasteiger partial charge on any atom is -0.480 e. The minimum atomic E-state index is -0.943. The molecule has 1 aromatic heterocycles. The van der Waals surface area contributed by atoms with E-state index in [1.807, 2.05) is 18.2 Å². The van der Waals surface area contributed by atoms with Crippen molar-refractivity contribution in [3.63, 3.8) is 0 Å². The first-order chi connectivity index (χ1) is 8.65. The normalized spacial score (nSPS) is 10.2. The van der Waals surface area contributed by atoms with Crippen molar-refractivity contribution in [1.29, 1.82) is 0 Å². The number of rotatable bonds is 6. The topological polar surface area (TPSA) is 58.6 Å². The lowest BCUT2D eigenvalue weighted by molar-refractivity contribution is -0.136. The van der Waals surface area contributed by atoms with Gasteiger partial charge in [-0.25, -0.2) is 0 Å². The quantitative estimate of drug-likeness (QED) is 0.786. The zero-order valence-electron chi connectivity index (χ0n) is 9.68. The van der Waals surface area contributed by atoms with Crippen molar-refractivity contribution >= 4 is 27.4 Å². The molecule has 0 aliphatic rings. The van der Waals surface area contributed by atoms with Gasteiger partial charge in [-0.15, -0.1) is 11.3 Å². The van der Waals surface area contributed by atoms with Crippen LogP contribution >= 0.6 is 11.3 Å². The van der Waals surface area contributed by atoms with E-state index in [9.17, 15) is 4.79 Å². The SMILES string of the molecule is C=C(NCC(=O)O)OCc1cc2ccccc2s1. The van der Waals surface area contributed by atoms with Gasteiger partial charge in [-0.3, -0.25) is 4.79 Å². The molecule has 2 aromatic rings. The molecule has 1 heterocycles. The van der Waals surface area contributed by atoms with Crippen LogP contribution < -0.4 is 5.32 Å². The van der Waals surface area contributed by atoms with Gasteiger partial charge in [0.2, 0.25) is 0 Å². The van der Waals surface area contributed by atoms with Crippen molar-refractivity contribution in [2.24, 2.45) is 0 Å². The van der Waals surface area contributed by atoms with Gasteiger partial charge in [-0.1, -0.05) is 18.2 Å². The van der Waals surface area contributed by atoms with E-state index in [1.165, 1.54) is 10.1 Å². The van der Waals surface area contributed by atoms with E-state index in [4.69, 9.17) is 9.84 Å². The molecule has 0 saturated heterocycles. The van der Waals surface area contributed by atoms with Gasteiger partial charge in [-0.05, 0) is 24.1 Å². The summed E-state index contributed by atoms with van der Waals surface area (Å²) in [5, 5.41) is 12.2. The average Bonchev–Trinajstić information content (AvgIpc) is 2.76. The van der Waals surface area contributed by atoms with E-state index >= 15 is 0 Å². The Morgan fingerprint density at radius 1 is 1.44 bits per heavy atom. The molecule has 2 N–H and O–H groups in total. The Kier molecular flexibility index (Phi) is 3.84. The molecule has 0 saturated carbocycles. The van der Waals surface area contributed by atoms with Crippen LogP contribution in [0.15, 0.2) is 42.8 Å². The molecule has 0 fully saturated rings. The maximum absolute atomic E-state index is 10.3. The summed E-state index contributed by atoms with van der Waals surface area (Å²) in [5.74, 6) is -0.670. The lowest BCUT2D eigenvalue weighted by Gasteiger charge is -2.08. The van der Waals surface area contributed by atoms with E-state index in [-0.39, 0.29) is 12.4 Å². The smallest absolute Gasteiger partial charge is 0.322 e. The van der Waals surface area contributed by atoms with Gasteiger partial charge in [0.25, 0.3) is 0 Å². The van der Waals surface area contributed by atoms with Gasteiger partial charge < -0.3 is 15.2 Å². The number of benzene rings is 1. The maximum atomic E-state index is 10.3. The molecular formula is C13H13NO3S. The first-order valence-electron chi connectivity index (χ1n) is 5.40. The summed E-state index contributed by atoms with van der Waals surface area (Å²) >= 11 is 1.65. The second-order valence-corrected chi connectivity index (χ2v) is 4.88. The summed E-state index contributed by atoms with van der Waals surface area (Å²) < 4.78 is 6.56. The van der Waals surface area contributed by atoms with Crippen LogP contribution in [0.5, 0.6) is 0 Å². The van der Waals surface area contributed by atoms with Crippen molar-refractivity contribution in [1.82, 2.24) is 5.32 Å². The van der Waals surface area contributed by atoms with Crippen molar-refractivity contribution in [3.8, 4) is 0 Å².